The Morgan fingerprint density at radius 2 is 2.06 bits per heavy atom. The van der Waals surface area contributed by atoms with Crippen molar-refractivity contribution in [2.24, 2.45) is 5.92 Å². The second-order valence-electron chi connectivity index (χ2n) is 4.91. The lowest BCUT2D eigenvalue weighted by molar-refractivity contribution is 0.0735. The minimum absolute atomic E-state index is 0.201. The van der Waals surface area contributed by atoms with Gasteiger partial charge in [0.25, 0.3) is 0 Å². The van der Waals surface area contributed by atoms with E-state index in [4.69, 9.17) is 4.74 Å². The number of rotatable bonds is 4. The summed E-state index contributed by atoms with van der Waals surface area (Å²) in [6.45, 7) is 2.91. The van der Waals surface area contributed by atoms with Gasteiger partial charge in [-0.05, 0) is 26.8 Å². The minimum Gasteiger partial charge on any atom is -0.383 e. The number of nitriles is 1. The first-order chi connectivity index (χ1) is 7.70. The molecule has 92 valence electrons. The summed E-state index contributed by atoms with van der Waals surface area (Å²) in [6.07, 6.45) is 5.96. The fourth-order valence-electron chi connectivity index (χ4n) is 2.61. The van der Waals surface area contributed by atoms with E-state index >= 15 is 0 Å². The molecule has 1 saturated carbocycles. The van der Waals surface area contributed by atoms with Gasteiger partial charge < -0.3 is 4.74 Å². The van der Waals surface area contributed by atoms with Crippen LogP contribution < -0.4 is 0 Å². The Bertz CT molecular complexity index is 237. The molecule has 3 unspecified atom stereocenters. The summed E-state index contributed by atoms with van der Waals surface area (Å²) in [7, 11) is 3.86. The van der Waals surface area contributed by atoms with Crippen LogP contribution in [0, 0.1) is 17.2 Å². The van der Waals surface area contributed by atoms with Crippen molar-refractivity contribution in [2.75, 3.05) is 20.8 Å². The molecule has 0 aromatic carbocycles. The van der Waals surface area contributed by atoms with E-state index in [0.717, 1.165) is 19.4 Å². The molecular formula is C13H24N2O. The van der Waals surface area contributed by atoms with Crippen molar-refractivity contribution in [3.8, 4) is 6.07 Å². The number of likely N-dealkylation sites (N-methyl/N-ethyl adjacent to an activating group) is 1. The van der Waals surface area contributed by atoms with Gasteiger partial charge in [0.1, 0.15) is 0 Å². The quantitative estimate of drug-likeness (QED) is 0.688. The Hall–Kier alpha value is -0.590. The molecule has 0 amide bonds. The van der Waals surface area contributed by atoms with Crippen molar-refractivity contribution in [1.29, 1.82) is 5.26 Å². The highest BCUT2D eigenvalue weighted by molar-refractivity contribution is 4.94. The molecule has 3 atom stereocenters. The fraction of sp³-hybridized carbons (Fsp3) is 0.923. The van der Waals surface area contributed by atoms with Crippen LogP contribution in [-0.2, 0) is 4.74 Å². The van der Waals surface area contributed by atoms with E-state index in [9.17, 15) is 5.26 Å². The Morgan fingerprint density at radius 3 is 2.69 bits per heavy atom. The lowest BCUT2D eigenvalue weighted by Gasteiger charge is -2.34. The van der Waals surface area contributed by atoms with Crippen LogP contribution in [-0.4, -0.2) is 37.7 Å². The average Bonchev–Trinajstić information content (AvgIpc) is 2.53. The molecule has 16 heavy (non-hydrogen) atoms. The molecule has 0 bridgehead atoms. The molecule has 1 fully saturated rings. The molecule has 1 aliphatic rings. The van der Waals surface area contributed by atoms with Gasteiger partial charge in [0, 0.05) is 19.2 Å². The van der Waals surface area contributed by atoms with Crippen molar-refractivity contribution < 1.29 is 4.74 Å². The molecular weight excluding hydrogens is 200 g/mol. The summed E-state index contributed by atoms with van der Waals surface area (Å²) < 4.78 is 5.19. The average molecular weight is 224 g/mol. The van der Waals surface area contributed by atoms with Gasteiger partial charge in [-0.2, -0.15) is 5.26 Å². The van der Waals surface area contributed by atoms with Crippen molar-refractivity contribution in [2.45, 2.75) is 51.1 Å². The third kappa shape index (κ3) is 3.47. The highest BCUT2D eigenvalue weighted by Crippen LogP contribution is 2.27. The zero-order valence-electron chi connectivity index (χ0n) is 10.8. The van der Waals surface area contributed by atoms with Gasteiger partial charge in [0.2, 0.25) is 0 Å². The first-order valence-electron chi connectivity index (χ1n) is 6.31. The van der Waals surface area contributed by atoms with Crippen molar-refractivity contribution in [1.82, 2.24) is 4.90 Å². The van der Waals surface area contributed by atoms with E-state index in [-0.39, 0.29) is 5.92 Å². The third-order valence-corrected chi connectivity index (χ3v) is 3.77. The second kappa shape index (κ2) is 6.88. The smallest absolute Gasteiger partial charge is 0.0672 e. The molecule has 0 N–H and O–H groups in total. The van der Waals surface area contributed by atoms with Gasteiger partial charge in [-0.3, -0.25) is 4.90 Å². The highest BCUT2D eigenvalue weighted by Gasteiger charge is 2.29. The Labute approximate surface area is 99.4 Å². The van der Waals surface area contributed by atoms with E-state index in [1.165, 1.54) is 19.3 Å². The predicted octanol–water partition coefficient (Wildman–Crippen LogP) is 2.43. The van der Waals surface area contributed by atoms with Gasteiger partial charge in [-0.15, -0.1) is 0 Å². The first-order valence-corrected chi connectivity index (χ1v) is 6.31. The summed E-state index contributed by atoms with van der Waals surface area (Å²) in [5.74, 6) is 0.201. The van der Waals surface area contributed by atoms with Crippen molar-refractivity contribution >= 4 is 0 Å². The standard InChI is InChI=1S/C13H24N2O/c1-11(10-16-3)15(2)13-8-6-4-5-7-12(13)9-14/h11-13H,4-8,10H2,1-3H3. The van der Waals surface area contributed by atoms with E-state index in [0.29, 0.717) is 12.1 Å². The number of methoxy groups -OCH3 is 1. The van der Waals surface area contributed by atoms with E-state index in [2.05, 4.69) is 24.9 Å². The van der Waals surface area contributed by atoms with Gasteiger partial charge in [-0.25, -0.2) is 0 Å². The van der Waals surface area contributed by atoms with Crippen LogP contribution in [0.3, 0.4) is 0 Å². The molecule has 1 rings (SSSR count). The summed E-state index contributed by atoms with van der Waals surface area (Å²) in [4.78, 5) is 2.34. The summed E-state index contributed by atoms with van der Waals surface area (Å²) in [6, 6.07) is 3.30. The Morgan fingerprint density at radius 1 is 1.38 bits per heavy atom. The topological polar surface area (TPSA) is 36.3 Å². The van der Waals surface area contributed by atoms with Crippen LogP contribution in [0.4, 0.5) is 0 Å². The molecule has 0 saturated heterocycles. The maximum absolute atomic E-state index is 9.24. The van der Waals surface area contributed by atoms with Crippen LogP contribution in [0.1, 0.15) is 39.0 Å². The van der Waals surface area contributed by atoms with Crippen LogP contribution in [0.25, 0.3) is 0 Å². The molecule has 3 nitrogen and oxygen atoms in total. The molecule has 0 aromatic rings. The predicted molar refractivity (Wildman–Crippen MR) is 65.1 cm³/mol. The number of hydrogen-bond donors (Lipinski definition) is 0. The molecule has 0 aromatic heterocycles. The Kier molecular flexibility index (Phi) is 5.79. The van der Waals surface area contributed by atoms with Crippen LogP contribution in [0.15, 0.2) is 0 Å². The lowest BCUT2D eigenvalue weighted by Crippen LogP contribution is -2.44. The van der Waals surface area contributed by atoms with E-state index in [1.807, 2.05) is 0 Å². The van der Waals surface area contributed by atoms with Crippen LogP contribution >= 0.6 is 0 Å². The molecule has 1 aliphatic carbocycles. The largest absolute Gasteiger partial charge is 0.383 e. The normalized spacial score (nSPS) is 28.4. The van der Waals surface area contributed by atoms with Crippen molar-refractivity contribution in [3.63, 3.8) is 0 Å². The van der Waals surface area contributed by atoms with E-state index < -0.39 is 0 Å². The number of hydrogen-bond acceptors (Lipinski definition) is 3. The number of ether oxygens (including phenoxy) is 1. The maximum atomic E-state index is 9.24. The van der Waals surface area contributed by atoms with Gasteiger partial charge in [0.15, 0.2) is 0 Å². The van der Waals surface area contributed by atoms with Gasteiger partial charge in [-0.1, -0.05) is 19.3 Å². The Balaban J connectivity index is 2.62. The van der Waals surface area contributed by atoms with Gasteiger partial charge in [0.05, 0.1) is 18.6 Å². The first kappa shape index (κ1) is 13.5. The molecule has 0 aliphatic heterocycles. The summed E-state index contributed by atoms with van der Waals surface area (Å²) in [5, 5.41) is 9.24. The highest BCUT2D eigenvalue weighted by atomic mass is 16.5. The zero-order chi connectivity index (χ0) is 12.0. The fourth-order valence-corrected chi connectivity index (χ4v) is 2.61. The second-order valence-corrected chi connectivity index (χ2v) is 4.91. The number of nitrogens with zero attached hydrogens (tertiary/aromatic N) is 2. The molecule has 0 heterocycles. The summed E-state index contributed by atoms with van der Waals surface area (Å²) in [5.41, 5.74) is 0. The monoisotopic (exact) mass is 224 g/mol. The van der Waals surface area contributed by atoms with E-state index in [1.54, 1.807) is 7.11 Å². The minimum atomic E-state index is 0.201. The van der Waals surface area contributed by atoms with Crippen LogP contribution in [0.2, 0.25) is 0 Å². The van der Waals surface area contributed by atoms with Crippen molar-refractivity contribution in [3.05, 3.63) is 0 Å². The molecule has 0 radical (unpaired) electrons. The SMILES string of the molecule is COCC(C)N(C)C1CCCCCC1C#N. The third-order valence-electron chi connectivity index (χ3n) is 3.77. The van der Waals surface area contributed by atoms with Gasteiger partial charge >= 0.3 is 0 Å². The zero-order valence-corrected chi connectivity index (χ0v) is 10.8. The molecule has 0 spiro atoms. The molecule has 3 heteroatoms. The summed E-state index contributed by atoms with van der Waals surface area (Å²) >= 11 is 0. The van der Waals surface area contributed by atoms with Crippen LogP contribution in [0.5, 0.6) is 0 Å². The maximum Gasteiger partial charge on any atom is 0.0672 e. The lowest BCUT2D eigenvalue weighted by atomic mass is 9.94.